The molecule has 0 radical (unpaired) electrons. The van der Waals surface area contributed by atoms with Crippen LogP contribution in [0.5, 0.6) is 0 Å². The number of hydrogen-bond acceptors (Lipinski definition) is 3. The Morgan fingerprint density at radius 1 is 1.27 bits per heavy atom. The molecule has 0 atom stereocenters. The Hall–Kier alpha value is -2.73. The summed E-state index contributed by atoms with van der Waals surface area (Å²) >= 11 is 6.34. The van der Waals surface area contributed by atoms with Gasteiger partial charge in [-0.1, -0.05) is 35.9 Å². The minimum absolute atomic E-state index is 0.0231. The molecule has 1 aliphatic heterocycles. The molecule has 7 heteroatoms. The summed E-state index contributed by atoms with van der Waals surface area (Å²) < 4.78 is 0. The SMILES string of the molecule is Cc1ccccc1CNC(=O)Nc1ccc(N2CCNC(=O)C2)c(Cl)c1. The van der Waals surface area contributed by atoms with Gasteiger partial charge in [-0.3, -0.25) is 4.79 Å². The molecular weight excluding hydrogens is 352 g/mol. The fraction of sp³-hybridized carbons (Fsp3) is 0.263. The third-order valence-corrected chi connectivity index (χ3v) is 4.59. The zero-order valence-corrected chi connectivity index (χ0v) is 15.3. The van der Waals surface area contributed by atoms with Crippen molar-refractivity contribution in [3.8, 4) is 0 Å². The van der Waals surface area contributed by atoms with Crippen molar-refractivity contribution in [2.45, 2.75) is 13.5 Å². The van der Waals surface area contributed by atoms with E-state index >= 15 is 0 Å². The van der Waals surface area contributed by atoms with Gasteiger partial charge in [0.15, 0.2) is 0 Å². The average molecular weight is 373 g/mol. The molecule has 1 heterocycles. The smallest absolute Gasteiger partial charge is 0.319 e. The van der Waals surface area contributed by atoms with Gasteiger partial charge in [0, 0.05) is 25.3 Å². The zero-order chi connectivity index (χ0) is 18.5. The molecule has 0 bridgehead atoms. The first-order chi connectivity index (χ1) is 12.5. The van der Waals surface area contributed by atoms with Gasteiger partial charge in [-0.15, -0.1) is 0 Å². The van der Waals surface area contributed by atoms with E-state index in [1.54, 1.807) is 12.1 Å². The Morgan fingerprint density at radius 2 is 2.08 bits per heavy atom. The van der Waals surface area contributed by atoms with E-state index in [1.165, 1.54) is 0 Å². The number of hydrogen-bond donors (Lipinski definition) is 3. The van der Waals surface area contributed by atoms with Crippen molar-refractivity contribution in [1.29, 1.82) is 0 Å². The number of amides is 3. The first-order valence-electron chi connectivity index (χ1n) is 8.43. The Labute approximate surface area is 157 Å². The molecule has 3 N–H and O–H groups in total. The maximum absolute atomic E-state index is 12.1. The third kappa shape index (κ3) is 4.46. The van der Waals surface area contributed by atoms with Crippen molar-refractivity contribution in [3.05, 3.63) is 58.6 Å². The molecule has 1 saturated heterocycles. The molecule has 0 aromatic heterocycles. The second kappa shape index (κ2) is 8.10. The van der Waals surface area contributed by atoms with E-state index in [9.17, 15) is 9.59 Å². The van der Waals surface area contributed by atoms with Crippen LogP contribution in [0.1, 0.15) is 11.1 Å². The summed E-state index contributed by atoms with van der Waals surface area (Å²) in [5.74, 6) is -0.0231. The number of anilines is 2. The molecule has 6 nitrogen and oxygen atoms in total. The molecule has 0 spiro atoms. The molecule has 0 saturated carbocycles. The standard InChI is InChI=1S/C19H21ClN4O2/c1-13-4-2-3-5-14(13)11-22-19(26)23-15-6-7-17(16(20)10-15)24-9-8-21-18(25)12-24/h2-7,10H,8-9,11-12H2,1H3,(H,21,25)(H2,22,23,26). The normalized spacial score (nSPS) is 13.9. The van der Waals surface area contributed by atoms with Crippen LogP contribution in [0.15, 0.2) is 42.5 Å². The lowest BCUT2D eigenvalue weighted by atomic mass is 10.1. The summed E-state index contributed by atoms with van der Waals surface area (Å²) in [6.45, 7) is 4.04. The van der Waals surface area contributed by atoms with E-state index in [1.807, 2.05) is 42.2 Å². The van der Waals surface area contributed by atoms with Gasteiger partial charge in [0.25, 0.3) is 0 Å². The quantitative estimate of drug-likeness (QED) is 0.772. The van der Waals surface area contributed by atoms with Gasteiger partial charge in [0.05, 0.1) is 17.3 Å². The number of carbonyl (C=O) groups excluding carboxylic acids is 2. The van der Waals surface area contributed by atoms with Gasteiger partial charge in [0.1, 0.15) is 0 Å². The molecule has 0 aliphatic carbocycles. The first kappa shape index (κ1) is 18.1. The third-order valence-electron chi connectivity index (χ3n) is 4.29. The fourth-order valence-corrected chi connectivity index (χ4v) is 3.14. The lowest BCUT2D eigenvalue weighted by molar-refractivity contribution is -0.120. The molecule has 3 amide bonds. The summed E-state index contributed by atoms with van der Waals surface area (Å²) in [6, 6.07) is 12.9. The van der Waals surface area contributed by atoms with Gasteiger partial charge >= 0.3 is 6.03 Å². The Bertz CT molecular complexity index is 825. The van der Waals surface area contributed by atoms with E-state index in [0.717, 1.165) is 16.8 Å². The van der Waals surface area contributed by atoms with Crippen LogP contribution in [0.2, 0.25) is 5.02 Å². The van der Waals surface area contributed by atoms with Crippen molar-refractivity contribution in [2.24, 2.45) is 0 Å². The van der Waals surface area contributed by atoms with E-state index in [-0.39, 0.29) is 18.5 Å². The summed E-state index contributed by atoms with van der Waals surface area (Å²) in [4.78, 5) is 25.6. The van der Waals surface area contributed by atoms with Crippen LogP contribution in [-0.4, -0.2) is 31.6 Å². The molecule has 136 valence electrons. The monoisotopic (exact) mass is 372 g/mol. The molecule has 1 aliphatic rings. The number of nitrogens with zero attached hydrogens (tertiary/aromatic N) is 1. The lowest BCUT2D eigenvalue weighted by Gasteiger charge is -2.29. The molecule has 3 rings (SSSR count). The molecule has 26 heavy (non-hydrogen) atoms. The highest BCUT2D eigenvalue weighted by Crippen LogP contribution is 2.29. The van der Waals surface area contributed by atoms with Gasteiger partial charge in [-0.2, -0.15) is 0 Å². The van der Waals surface area contributed by atoms with Gasteiger partial charge in [0.2, 0.25) is 5.91 Å². The lowest BCUT2D eigenvalue weighted by Crippen LogP contribution is -2.47. The molecular formula is C19H21ClN4O2. The Kier molecular flexibility index (Phi) is 5.63. The van der Waals surface area contributed by atoms with Crippen LogP contribution in [0.4, 0.5) is 16.2 Å². The number of urea groups is 1. The first-order valence-corrected chi connectivity index (χ1v) is 8.81. The molecule has 1 fully saturated rings. The highest BCUT2D eigenvalue weighted by Gasteiger charge is 2.18. The number of halogens is 1. The number of carbonyl (C=O) groups is 2. The fourth-order valence-electron chi connectivity index (χ4n) is 2.84. The Morgan fingerprint density at radius 3 is 2.81 bits per heavy atom. The number of nitrogens with one attached hydrogen (secondary N) is 3. The van der Waals surface area contributed by atoms with Crippen LogP contribution < -0.4 is 20.9 Å². The van der Waals surface area contributed by atoms with Crippen LogP contribution in [0.25, 0.3) is 0 Å². The van der Waals surface area contributed by atoms with E-state index in [4.69, 9.17) is 11.6 Å². The summed E-state index contributed by atoms with van der Waals surface area (Å²) in [5, 5.41) is 8.89. The predicted octanol–water partition coefficient (Wildman–Crippen LogP) is 2.91. The second-order valence-electron chi connectivity index (χ2n) is 6.17. The minimum Gasteiger partial charge on any atom is -0.359 e. The Balaban J connectivity index is 1.59. The van der Waals surface area contributed by atoms with Gasteiger partial charge < -0.3 is 20.9 Å². The van der Waals surface area contributed by atoms with Crippen molar-refractivity contribution < 1.29 is 9.59 Å². The highest BCUT2D eigenvalue weighted by atomic mass is 35.5. The predicted molar refractivity (Wildman–Crippen MR) is 104 cm³/mol. The number of aryl methyl sites for hydroxylation is 1. The highest BCUT2D eigenvalue weighted by molar-refractivity contribution is 6.33. The summed E-state index contributed by atoms with van der Waals surface area (Å²) in [5.41, 5.74) is 3.58. The largest absolute Gasteiger partial charge is 0.359 e. The van der Waals surface area contributed by atoms with Gasteiger partial charge in [-0.05, 0) is 36.2 Å². The maximum atomic E-state index is 12.1. The van der Waals surface area contributed by atoms with E-state index < -0.39 is 0 Å². The number of rotatable bonds is 4. The van der Waals surface area contributed by atoms with Crippen molar-refractivity contribution in [2.75, 3.05) is 29.9 Å². The van der Waals surface area contributed by atoms with Crippen LogP contribution in [-0.2, 0) is 11.3 Å². The van der Waals surface area contributed by atoms with Crippen molar-refractivity contribution in [3.63, 3.8) is 0 Å². The summed E-state index contributed by atoms with van der Waals surface area (Å²) in [7, 11) is 0. The van der Waals surface area contributed by atoms with Crippen molar-refractivity contribution >= 4 is 34.9 Å². The van der Waals surface area contributed by atoms with Crippen LogP contribution >= 0.6 is 11.6 Å². The van der Waals surface area contributed by atoms with Crippen molar-refractivity contribution in [1.82, 2.24) is 10.6 Å². The van der Waals surface area contributed by atoms with E-state index in [0.29, 0.717) is 30.3 Å². The number of benzene rings is 2. The van der Waals surface area contributed by atoms with Crippen LogP contribution in [0, 0.1) is 6.92 Å². The van der Waals surface area contributed by atoms with Gasteiger partial charge in [-0.25, -0.2) is 4.79 Å². The topological polar surface area (TPSA) is 73.5 Å². The molecule has 2 aromatic carbocycles. The molecule has 2 aromatic rings. The zero-order valence-electron chi connectivity index (χ0n) is 14.5. The number of piperazine rings is 1. The average Bonchev–Trinajstić information content (AvgIpc) is 2.61. The minimum atomic E-state index is -0.297. The second-order valence-corrected chi connectivity index (χ2v) is 6.58. The van der Waals surface area contributed by atoms with Crippen LogP contribution in [0.3, 0.4) is 0 Å². The maximum Gasteiger partial charge on any atom is 0.319 e. The van der Waals surface area contributed by atoms with E-state index in [2.05, 4.69) is 16.0 Å². The molecule has 0 unspecified atom stereocenters. The summed E-state index contributed by atoms with van der Waals surface area (Å²) in [6.07, 6.45) is 0.